The van der Waals surface area contributed by atoms with Gasteiger partial charge in [-0.15, -0.1) is 0 Å². The molecule has 0 unspecified atom stereocenters. The molecule has 1 aliphatic rings. The van der Waals surface area contributed by atoms with Gasteiger partial charge in [0.15, 0.2) is 11.6 Å². The topological polar surface area (TPSA) is 57.8 Å². The van der Waals surface area contributed by atoms with Crippen molar-refractivity contribution in [2.24, 2.45) is 11.3 Å². The van der Waals surface area contributed by atoms with Crippen LogP contribution in [-0.4, -0.2) is 10.5 Å². The predicted octanol–water partition coefficient (Wildman–Crippen LogP) is 4.58. The third-order valence-corrected chi connectivity index (χ3v) is 4.27. The van der Waals surface area contributed by atoms with E-state index in [9.17, 15) is 13.6 Å². The molecule has 0 aliphatic heterocycles. The van der Waals surface area contributed by atoms with E-state index >= 15 is 0 Å². The summed E-state index contributed by atoms with van der Waals surface area (Å²) in [4.78, 5) is 12.3. The third kappa shape index (κ3) is 3.65. The quantitative estimate of drug-likeness (QED) is 0.882. The van der Waals surface area contributed by atoms with Crippen molar-refractivity contribution >= 4 is 22.6 Å². The van der Waals surface area contributed by atoms with Crippen LogP contribution in [0.4, 0.5) is 14.6 Å². The Kier molecular flexibility index (Phi) is 4.28. The summed E-state index contributed by atoms with van der Waals surface area (Å²) < 4.78 is 30.8. The van der Waals surface area contributed by atoms with E-state index < -0.39 is 11.6 Å². The summed E-state index contributed by atoms with van der Waals surface area (Å²) in [7, 11) is 0. The predicted molar refractivity (Wildman–Crippen MR) is 92.0 cm³/mol. The van der Waals surface area contributed by atoms with E-state index in [2.05, 4.69) is 5.32 Å². The summed E-state index contributed by atoms with van der Waals surface area (Å²) in [5.41, 5.74) is 0.201. The highest BCUT2D eigenvalue weighted by atomic mass is 19.1. The van der Waals surface area contributed by atoms with E-state index in [-0.39, 0.29) is 34.5 Å². The largest absolute Gasteiger partial charge is 0.324 e. The Morgan fingerprint density at radius 1 is 1.36 bits per heavy atom. The summed E-state index contributed by atoms with van der Waals surface area (Å²) in [5.74, 6) is -1.49. The lowest BCUT2D eigenvalue weighted by molar-refractivity contribution is -0.117. The number of anilines is 1. The Bertz CT molecular complexity index is 883. The number of nitrogens with one attached hydrogen (secondary N) is 1. The molecule has 1 saturated carbocycles. The first kappa shape index (κ1) is 17.4. The van der Waals surface area contributed by atoms with Crippen LogP contribution < -0.4 is 5.32 Å². The van der Waals surface area contributed by atoms with Gasteiger partial charge < -0.3 is 9.88 Å². The number of carbonyl (C=O) groups is 1. The van der Waals surface area contributed by atoms with Crippen LogP contribution in [0, 0.1) is 34.3 Å². The number of benzene rings is 1. The molecule has 0 atom stereocenters. The molecule has 1 heterocycles. The Morgan fingerprint density at radius 3 is 2.60 bits per heavy atom. The minimum absolute atomic E-state index is 0.00913. The lowest BCUT2D eigenvalue weighted by Crippen LogP contribution is -2.22. The number of halogens is 2. The lowest BCUT2D eigenvalue weighted by Gasteiger charge is -2.18. The molecule has 1 fully saturated rings. The van der Waals surface area contributed by atoms with Crippen molar-refractivity contribution < 1.29 is 13.6 Å². The van der Waals surface area contributed by atoms with E-state index in [1.165, 1.54) is 6.07 Å². The normalized spacial score (nSPS) is 14.6. The zero-order valence-electron chi connectivity index (χ0n) is 14.6. The van der Waals surface area contributed by atoms with Crippen molar-refractivity contribution in [3.63, 3.8) is 0 Å². The Morgan fingerprint density at radius 2 is 2.04 bits per heavy atom. The Hall–Kier alpha value is -2.42. The van der Waals surface area contributed by atoms with Gasteiger partial charge in [0.2, 0.25) is 5.91 Å². The molecular formula is C19H21F2N3O. The maximum absolute atomic E-state index is 14.9. The zero-order chi connectivity index (χ0) is 18.4. The molecule has 25 heavy (non-hydrogen) atoms. The van der Waals surface area contributed by atoms with E-state index in [0.29, 0.717) is 18.0 Å². The number of aromatic nitrogens is 1. The van der Waals surface area contributed by atoms with E-state index in [4.69, 9.17) is 5.26 Å². The highest BCUT2D eigenvalue weighted by molar-refractivity contribution is 5.96. The summed E-state index contributed by atoms with van der Waals surface area (Å²) in [6.45, 7) is 6.25. The van der Waals surface area contributed by atoms with Crippen molar-refractivity contribution in [2.45, 2.75) is 46.6 Å². The molecule has 0 spiro atoms. The van der Waals surface area contributed by atoms with Crippen LogP contribution in [0.2, 0.25) is 0 Å². The maximum atomic E-state index is 14.9. The molecule has 3 rings (SSSR count). The first-order chi connectivity index (χ1) is 11.7. The Balaban J connectivity index is 2.09. The molecule has 6 heteroatoms. The van der Waals surface area contributed by atoms with Crippen LogP contribution in [0.25, 0.3) is 10.9 Å². The molecule has 0 radical (unpaired) electrons. The maximum Gasteiger partial charge on any atom is 0.226 e. The molecule has 1 N–H and O–H groups in total. The van der Waals surface area contributed by atoms with Gasteiger partial charge in [-0.25, -0.2) is 8.78 Å². The van der Waals surface area contributed by atoms with Crippen LogP contribution in [-0.2, 0) is 11.3 Å². The van der Waals surface area contributed by atoms with Gasteiger partial charge in [0, 0.05) is 13.0 Å². The number of amides is 1. The number of fused-ring (bicyclic) bond motifs is 1. The van der Waals surface area contributed by atoms with Gasteiger partial charge >= 0.3 is 0 Å². The van der Waals surface area contributed by atoms with Crippen molar-refractivity contribution in [1.29, 1.82) is 5.26 Å². The molecular weight excluding hydrogens is 324 g/mol. The first-order valence-corrected chi connectivity index (χ1v) is 8.41. The summed E-state index contributed by atoms with van der Waals surface area (Å²) in [6.07, 6.45) is 2.28. The summed E-state index contributed by atoms with van der Waals surface area (Å²) >= 11 is 0. The second kappa shape index (κ2) is 6.14. The first-order valence-electron chi connectivity index (χ1n) is 8.41. The number of nitrogens with zero attached hydrogens (tertiary/aromatic N) is 2. The van der Waals surface area contributed by atoms with Crippen molar-refractivity contribution in [3.05, 3.63) is 29.3 Å². The number of hydrogen-bond acceptors (Lipinski definition) is 2. The lowest BCUT2D eigenvalue weighted by atomic mass is 9.92. The van der Waals surface area contributed by atoms with Crippen LogP contribution >= 0.6 is 0 Å². The van der Waals surface area contributed by atoms with Gasteiger partial charge in [-0.3, -0.25) is 4.79 Å². The van der Waals surface area contributed by atoms with Crippen LogP contribution in [0.15, 0.2) is 12.1 Å². The van der Waals surface area contributed by atoms with Gasteiger partial charge in [-0.1, -0.05) is 20.8 Å². The SMILES string of the molecule is CC(C)(C)CC(=O)Nc1c(F)c2c(F)cc(C#N)cc2n1CC1CC1. The minimum atomic E-state index is -0.785. The Labute approximate surface area is 145 Å². The number of nitriles is 1. The van der Waals surface area contributed by atoms with E-state index in [1.54, 1.807) is 4.57 Å². The zero-order valence-corrected chi connectivity index (χ0v) is 14.6. The van der Waals surface area contributed by atoms with Crippen LogP contribution in [0.1, 0.15) is 45.6 Å². The van der Waals surface area contributed by atoms with Gasteiger partial charge in [0.1, 0.15) is 5.82 Å². The highest BCUT2D eigenvalue weighted by Crippen LogP contribution is 2.37. The minimum Gasteiger partial charge on any atom is -0.324 e. The summed E-state index contributed by atoms with van der Waals surface area (Å²) in [6, 6.07) is 4.39. The second-order valence-electron chi connectivity index (χ2n) is 7.97. The van der Waals surface area contributed by atoms with E-state index in [1.807, 2.05) is 26.8 Å². The fraction of sp³-hybridized carbons (Fsp3) is 0.474. The number of rotatable bonds is 4. The molecule has 132 valence electrons. The molecule has 0 saturated heterocycles. The number of carbonyl (C=O) groups excluding carboxylic acids is 1. The van der Waals surface area contributed by atoms with Crippen molar-refractivity contribution in [3.8, 4) is 6.07 Å². The molecule has 1 aromatic carbocycles. The number of hydrogen-bond donors (Lipinski definition) is 1. The summed E-state index contributed by atoms with van der Waals surface area (Å²) in [5, 5.41) is 11.5. The third-order valence-electron chi connectivity index (χ3n) is 4.27. The average molecular weight is 345 g/mol. The molecule has 0 bridgehead atoms. The van der Waals surface area contributed by atoms with Gasteiger partial charge in [-0.05, 0) is 36.3 Å². The molecule has 2 aromatic rings. The highest BCUT2D eigenvalue weighted by Gasteiger charge is 2.29. The van der Waals surface area contributed by atoms with Crippen LogP contribution in [0.3, 0.4) is 0 Å². The fourth-order valence-electron chi connectivity index (χ4n) is 2.97. The molecule has 1 aromatic heterocycles. The standard InChI is InChI=1S/C19H21F2N3O/c1-19(2,3)8-15(25)23-18-17(21)16-13(20)6-12(9-22)7-14(16)24(18)10-11-4-5-11/h6-7,11H,4-5,8,10H2,1-3H3,(H,23,25). The van der Waals surface area contributed by atoms with Crippen molar-refractivity contribution in [2.75, 3.05) is 5.32 Å². The molecule has 4 nitrogen and oxygen atoms in total. The van der Waals surface area contributed by atoms with Crippen LogP contribution in [0.5, 0.6) is 0 Å². The average Bonchev–Trinajstić information content (AvgIpc) is 3.27. The van der Waals surface area contributed by atoms with Gasteiger partial charge in [-0.2, -0.15) is 5.26 Å². The van der Waals surface area contributed by atoms with Gasteiger partial charge in [0.05, 0.1) is 22.5 Å². The van der Waals surface area contributed by atoms with E-state index in [0.717, 1.165) is 18.9 Å². The molecule has 1 amide bonds. The smallest absolute Gasteiger partial charge is 0.226 e. The monoisotopic (exact) mass is 345 g/mol. The molecule has 1 aliphatic carbocycles. The second-order valence-corrected chi connectivity index (χ2v) is 7.97. The van der Waals surface area contributed by atoms with Crippen molar-refractivity contribution in [1.82, 2.24) is 4.57 Å². The fourth-order valence-corrected chi connectivity index (χ4v) is 2.97. The van der Waals surface area contributed by atoms with Gasteiger partial charge in [0.25, 0.3) is 0 Å².